The lowest BCUT2D eigenvalue weighted by atomic mass is 9.99. The van der Waals surface area contributed by atoms with Crippen molar-refractivity contribution in [2.45, 2.75) is 51.7 Å². The van der Waals surface area contributed by atoms with Crippen LogP contribution in [0, 0.1) is 0 Å². The number of methoxy groups -OCH3 is 1. The molecule has 148 valence electrons. The van der Waals surface area contributed by atoms with Crippen LogP contribution in [-0.4, -0.2) is 45.9 Å². The molecule has 1 unspecified atom stereocenters. The number of rotatable bonds is 4. The molecule has 2 aromatic rings. The first-order chi connectivity index (χ1) is 13.6. The number of hydrogen-bond donors (Lipinski definition) is 0. The standard InChI is InChI=1S/C22H28N4O2/c1-16(27)25-12-10-20-18(15-25)13-23-22(24-20)21-5-3-4-11-26(21)14-17-6-8-19(28-2)9-7-17/h6-9,13,21H,3-5,10-12,14-15H2,1-2H3. The van der Waals surface area contributed by atoms with Gasteiger partial charge < -0.3 is 9.64 Å². The Hall–Kier alpha value is -2.47. The summed E-state index contributed by atoms with van der Waals surface area (Å²) in [5.41, 5.74) is 3.47. The van der Waals surface area contributed by atoms with Gasteiger partial charge in [0.05, 0.1) is 18.8 Å². The predicted octanol–water partition coefficient (Wildman–Crippen LogP) is 3.12. The molecule has 28 heavy (non-hydrogen) atoms. The van der Waals surface area contributed by atoms with Gasteiger partial charge in [0.1, 0.15) is 11.6 Å². The zero-order chi connectivity index (χ0) is 19.5. The smallest absolute Gasteiger partial charge is 0.219 e. The zero-order valence-electron chi connectivity index (χ0n) is 16.7. The number of amides is 1. The van der Waals surface area contributed by atoms with Crippen LogP contribution in [0.1, 0.15) is 54.9 Å². The highest BCUT2D eigenvalue weighted by molar-refractivity contribution is 5.73. The van der Waals surface area contributed by atoms with Gasteiger partial charge in [-0.05, 0) is 37.1 Å². The monoisotopic (exact) mass is 380 g/mol. The molecule has 2 aliphatic heterocycles. The molecular weight excluding hydrogens is 352 g/mol. The van der Waals surface area contributed by atoms with E-state index < -0.39 is 0 Å². The van der Waals surface area contributed by atoms with Crippen molar-refractivity contribution in [3.8, 4) is 5.75 Å². The van der Waals surface area contributed by atoms with Gasteiger partial charge in [-0.1, -0.05) is 18.6 Å². The van der Waals surface area contributed by atoms with Crippen molar-refractivity contribution in [1.82, 2.24) is 19.8 Å². The van der Waals surface area contributed by atoms with Crippen molar-refractivity contribution in [2.24, 2.45) is 0 Å². The average Bonchev–Trinajstić information content (AvgIpc) is 2.74. The largest absolute Gasteiger partial charge is 0.497 e. The Kier molecular flexibility index (Phi) is 5.57. The number of hydrogen-bond acceptors (Lipinski definition) is 5. The minimum Gasteiger partial charge on any atom is -0.497 e. The maximum atomic E-state index is 11.7. The zero-order valence-corrected chi connectivity index (χ0v) is 16.7. The first-order valence-electron chi connectivity index (χ1n) is 10.1. The van der Waals surface area contributed by atoms with Gasteiger partial charge in [0.25, 0.3) is 0 Å². The van der Waals surface area contributed by atoms with Crippen LogP contribution in [0.25, 0.3) is 0 Å². The molecule has 3 heterocycles. The van der Waals surface area contributed by atoms with E-state index in [1.807, 2.05) is 23.2 Å². The SMILES string of the molecule is COc1ccc(CN2CCCCC2c2ncc3c(n2)CCN(C(C)=O)C3)cc1. The van der Waals surface area contributed by atoms with Crippen LogP contribution >= 0.6 is 0 Å². The van der Waals surface area contributed by atoms with Gasteiger partial charge in [0.2, 0.25) is 5.91 Å². The van der Waals surface area contributed by atoms with E-state index in [9.17, 15) is 4.79 Å². The van der Waals surface area contributed by atoms with Gasteiger partial charge in [-0.15, -0.1) is 0 Å². The van der Waals surface area contributed by atoms with Gasteiger partial charge in [0.15, 0.2) is 0 Å². The van der Waals surface area contributed by atoms with E-state index >= 15 is 0 Å². The molecule has 1 aromatic carbocycles. The Bertz CT molecular complexity index is 837. The highest BCUT2D eigenvalue weighted by Gasteiger charge is 2.28. The molecule has 1 saturated heterocycles. The summed E-state index contributed by atoms with van der Waals surface area (Å²) in [5.74, 6) is 1.94. The molecule has 0 spiro atoms. The molecule has 6 nitrogen and oxygen atoms in total. The van der Waals surface area contributed by atoms with E-state index in [1.54, 1.807) is 14.0 Å². The van der Waals surface area contributed by atoms with Crippen molar-refractivity contribution >= 4 is 5.91 Å². The molecule has 1 fully saturated rings. The summed E-state index contributed by atoms with van der Waals surface area (Å²) in [4.78, 5) is 25.7. The highest BCUT2D eigenvalue weighted by atomic mass is 16.5. The van der Waals surface area contributed by atoms with Crippen molar-refractivity contribution in [2.75, 3.05) is 20.2 Å². The Morgan fingerprint density at radius 2 is 2.04 bits per heavy atom. The van der Waals surface area contributed by atoms with Crippen LogP contribution in [0.2, 0.25) is 0 Å². The second-order valence-electron chi connectivity index (χ2n) is 7.72. The second kappa shape index (κ2) is 8.27. The van der Waals surface area contributed by atoms with Crippen LogP contribution in [0.4, 0.5) is 0 Å². The van der Waals surface area contributed by atoms with E-state index in [-0.39, 0.29) is 11.9 Å². The number of carbonyl (C=O) groups excluding carboxylic acids is 1. The molecule has 0 bridgehead atoms. The van der Waals surface area contributed by atoms with Crippen molar-refractivity contribution in [3.05, 3.63) is 53.1 Å². The average molecular weight is 380 g/mol. The Labute approximate surface area is 166 Å². The number of likely N-dealkylation sites (tertiary alicyclic amines) is 1. The van der Waals surface area contributed by atoms with E-state index in [1.165, 1.54) is 18.4 Å². The third-order valence-electron chi connectivity index (χ3n) is 5.85. The third kappa shape index (κ3) is 4.02. The molecule has 0 saturated carbocycles. The highest BCUT2D eigenvalue weighted by Crippen LogP contribution is 2.31. The summed E-state index contributed by atoms with van der Waals surface area (Å²) in [6.45, 7) is 4.96. The quantitative estimate of drug-likeness (QED) is 0.816. The van der Waals surface area contributed by atoms with Crippen molar-refractivity contribution in [1.29, 1.82) is 0 Å². The number of ether oxygens (including phenoxy) is 1. The molecule has 1 atom stereocenters. The molecule has 1 aromatic heterocycles. The fourth-order valence-electron chi connectivity index (χ4n) is 4.20. The fraction of sp³-hybridized carbons (Fsp3) is 0.500. The Morgan fingerprint density at radius 3 is 2.79 bits per heavy atom. The number of carbonyl (C=O) groups is 1. The molecule has 1 amide bonds. The number of nitrogens with zero attached hydrogens (tertiary/aromatic N) is 4. The van der Waals surface area contributed by atoms with Crippen LogP contribution in [-0.2, 0) is 24.3 Å². The maximum Gasteiger partial charge on any atom is 0.219 e. The summed E-state index contributed by atoms with van der Waals surface area (Å²) in [6.07, 6.45) is 6.27. The first kappa shape index (κ1) is 18.9. The van der Waals surface area contributed by atoms with E-state index in [0.717, 1.165) is 55.3 Å². The molecule has 4 rings (SSSR count). The van der Waals surface area contributed by atoms with Crippen LogP contribution in [0.15, 0.2) is 30.5 Å². The lowest BCUT2D eigenvalue weighted by molar-refractivity contribution is -0.129. The minimum atomic E-state index is 0.118. The predicted molar refractivity (Wildman–Crippen MR) is 107 cm³/mol. The van der Waals surface area contributed by atoms with Crippen LogP contribution < -0.4 is 4.74 Å². The number of piperidine rings is 1. The van der Waals surface area contributed by atoms with Crippen molar-refractivity contribution in [3.63, 3.8) is 0 Å². The first-order valence-corrected chi connectivity index (χ1v) is 10.1. The van der Waals surface area contributed by atoms with Crippen LogP contribution in [0.5, 0.6) is 5.75 Å². The number of benzene rings is 1. The van der Waals surface area contributed by atoms with Gasteiger partial charge in [-0.3, -0.25) is 9.69 Å². The van der Waals surface area contributed by atoms with E-state index in [4.69, 9.17) is 14.7 Å². The second-order valence-corrected chi connectivity index (χ2v) is 7.72. The van der Waals surface area contributed by atoms with Gasteiger partial charge in [-0.2, -0.15) is 0 Å². The summed E-state index contributed by atoms with van der Waals surface area (Å²) >= 11 is 0. The molecular formula is C22H28N4O2. The topological polar surface area (TPSA) is 58.6 Å². The summed E-state index contributed by atoms with van der Waals surface area (Å²) in [7, 11) is 1.69. The lowest BCUT2D eigenvalue weighted by Gasteiger charge is -2.35. The van der Waals surface area contributed by atoms with Crippen molar-refractivity contribution < 1.29 is 9.53 Å². The summed E-state index contributed by atoms with van der Waals surface area (Å²) in [6, 6.07) is 8.56. The number of fused-ring (bicyclic) bond motifs is 1. The number of aromatic nitrogens is 2. The normalized spacial score (nSPS) is 19.9. The van der Waals surface area contributed by atoms with Gasteiger partial charge in [-0.25, -0.2) is 9.97 Å². The summed E-state index contributed by atoms with van der Waals surface area (Å²) in [5, 5.41) is 0. The molecule has 0 aliphatic carbocycles. The molecule has 6 heteroatoms. The van der Waals surface area contributed by atoms with Gasteiger partial charge >= 0.3 is 0 Å². The van der Waals surface area contributed by atoms with E-state index in [0.29, 0.717) is 6.54 Å². The fourth-order valence-corrected chi connectivity index (χ4v) is 4.20. The molecule has 0 N–H and O–H groups in total. The van der Waals surface area contributed by atoms with Crippen LogP contribution in [0.3, 0.4) is 0 Å². The lowest BCUT2D eigenvalue weighted by Crippen LogP contribution is -2.36. The van der Waals surface area contributed by atoms with E-state index in [2.05, 4.69) is 17.0 Å². The van der Waals surface area contributed by atoms with Gasteiger partial charge in [0, 0.05) is 44.7 Å². The minimum absolute atomic E-state index is 0.118. The molecule has 0 radical (unpaired) electrons. The Morgan fingerprint density at radius 1 is 1.21 bits per heavy atom. The molecule has 2 aliphatic rings. The summed E-state index contributed by atoms with van der Waals surface area (Å²) < 4.78 is 5.27. The maximum absolute atomic E-state index is 11.7. The third-order valence-corrected chi connectivity index (χ3v) is 5.85. The Balaban J connectivity index is 1.52.